The van der Waals surface area contributed by atoms with E-state index in [2.05, 4.69) is 16.0 Å². The number of benzene rings is 1. The van der Waals surface area contributed by atoms with E-state index in [1.807, 2.05) is 6.07 Å². The van der Waals surface area contributed by atoms with Gasteiger partial charge in [-0.1, -0.05) is 30.3 Å². The molecule has 13 heteroatoms. The first-order valence-corrected chi connectivity index (χ1v) is 11.1. The number of hydrogen-bond acceptors (Lipinski definition) is 8. The normalized spacial score (nSPS) is 14.1. The molecule has 1 aromatic carbocycles. The molecule has 0 aromatic heterocycles. The van der Waals surface area contributed by atoms with Crippen molar-refractivity contribution < 1.29 is 34.2 Å². The lowest BCUT2D eigenvalue weighted by Gasteiger charge is -2.24. The maximum atomic E-state index is 12.9. The molecule has 0 aliphatic carbocycles. The van der Waals surface area contributed by atoms with Crippen LogP contribution in [-0.4, -0.2) is 77.1 Å². The van der Waals surface area contributed by atoms with Gasteiger partial charge in [-0.05, 0) is 37.8 Å². The van der Waals surface area contributed by atoms with Gasteiger partial charge in [-0.3, -0.25) is 19.2 Å². The van der Waals surface area contributed by atoms with Gasteiger partial charge in [0, 0.05) is 0 Å². The van der Waals surface area contributed by atoms with Crippen LogP contribution < -0.4 is 33.2 Å². The van der Waals surface area contributed by atoms with Crippen LogP contribution in [0.3, 0.4) is 0 Å². The summed E-state index contributed by atoms with van der Waals surface area (Å²) in [7, 11) is 0. The second-order valence-corrected chi connectivity index (χ2v) is 7.96. The molecule has 35 heavy (non-hydrogen) atoms. The molecule has 1 rings (SSSR count). The Morgan fingerprint density at radius 1 is 0.857 bits per heavy atom. The van der Waals surface area contributed by atoms with Crippen LogP contribution >= 0.6 is 0 Å². The van der Waals surface area contributed by atoms with Crippen molar-refractivity contribution in [2.45, 2.75) is 56.3 Å². The summed E-state index contributed by atoms with van der Waals surface area (Å²) in [6, 6.07) is 3.70. The third-order valence-corrected chi connectivity index (χ3v) is 5.05. The van der Waals surface area contributed by atoms with E-state index in [4.69, 9.17) is 27.4 Å². The predicted molar refractivity (Wildman–Crippen MR) is 125 cm³/mol. The fourth-order valence-corrected chi connectivity index (χ4v) is 3.14. The van der Waals surface area contributed by atoms with Gasteiger partial charge in [-0.2, -0.15) is 0 Å². The third-order valence-electron chi connectivity index (χ3n) is 5.05. The Morgan fingerprint density at radius 3 is 1.97 bits per heavy atom. The van der Waals surface area contributed by atoms with Crippen molar-refractivity contribution in [2.75, 3.05) is 13.2 Å². The van der Waals surface area contributed by atoms with Crippen LogP contribution in [0.4, 0.5) is 0 Å². The number of aliphatic carboxylic acids is 1. The lowest BCUT2D eigenvalue weighted by atomic mass is 10.0. The van der Waals surface area contributed by atoms with Crippen LogP contribution in [0.1, 0.15) is 31.2 Å². The molecule has 4 amide bonds. The quantitative estimate of drug-likeness (QED) is 0.110. The number of unbranched alkanes of at least 4 members (excludes halogenated alkanes) is 1. The van der Waals surface area contributed by atoms with E-state index in [0.717, 1.165) is 5.56 Å². The molecule has 11 N–H and O–H groups in total. The van der Waals surface area contributed by atoms with E-state index in [1.165, 1.54) is 0 Å². The molecule has 0 fully saturated rings. The molecule has 4 atom stereocenters. The summed E-state index contributed by atoms with van der Waals surface area (Å²) < 4.78 is 0. The Balaban J connectivity index is 2.93. The van der Waals surface area contributed by atoms with E-state index in [9.17, 15) is 24.0 Å². The molecule has 0 saturated heterocycles. The van der Waals surface area contributed by atoms with Gasteiger partial charge in [0.25, 0.3) is 0 Å². The standard InChI is InChI=1S/C22H34N6O7/c23-9-5-4-8-15(20(32)28-17(12-29)22(34)35)26-21(33)16(11-18(25)30)27-19(31)14(24)10-13-6-2-1-3-7-13/h1-3,6-7,14-17,29H,4-5,8-12,23-24H2,(H2,25,30)(H,26,33)(H,27,31)(H,28,32)(H,34,35). The SMILES string of the molecule is NCCCCC(NC(=O)C(CC(N)=O)NC(=O)C(N)Cc1ccccc1)C(=O)NC(CO)C(=O)O. The van der Waals surface area contributed by atoms with E-state index in [0.29, 0.717) is 19.4 Å². The lowest BCUT2D eigenvalue weighted by molar-refractivity contribution is -0.143. The van der Waals surface area contributed by atoms with Crippen LogP contribution in [0, 0.1) is 0 Å². The minimum Gasteiger partial charge on any atom is -0.480 e. The van der Waals surface area contributed by atoms with Crippen LogP contribution in [0.25, 0.3) is 0 Å². The number of rotatable bonds is 16. The summed E-state index contributed by atoms with van der Waals surface area (Å²) in [5, 5.41) is 25.1. The molecule has 1 aromatic rings. The zero-order chi connectivity index (χ0) is 26.4. The molecule has 0 radical (unpaired) electrons. The van der Waals surface area contributed by atoms with Crippen molar-refractivity contribution in [1.82, 2.24) is 16.0 Å². The molecule has 0 aliphatic rings. The number of nitrogens with one attached hydrogen (secondary N) is 3. The Bertz CT molecular complexity index is 867. The molecular weight excluding hydrogens is 460 g/mol. The Labute approximate surface area is 202 Å². The van der Waals surface area contributed by atoms with Gasteiger partial charge in [0.2, 0.25) is 23.6 Å². The molecule has 0 spiro atoms. The van der Waals surface area contributed by atoms with Crippen molar-refractivity contribution in [3.05, 3.63) is 35.9 Å². The number of hydrogen-bond donors (Lipinski definition) is 8. The van der Waals surface area contributed by atoms with Gasteiger partial charge >= 0.3 is 5.97 Å². The molecule has 0 aliphatic heterocycles. The molecule has 0 saturated carbocycles. The third kappa shape index (κ3) is 10.9. The Hall–Kier alpha value is -3.55. The fourth-order valence-electron chi connectivity index (χ4n) is 3.14. The molecule has 4 unspecified atom stereocenters. The number of aliphatic hydroxyl groups excluding tert-OH is 1. The zero-order valence-electron chi connectivity index (χ0n) is 19.3. The van der Waals surface area contributed by atoms with Gasteiger partial charge in [0.05, 0.1) is 19.1 Å². The van der Waals surface area contributed by atoms with Crippen LogP contribution in [0.2, 0.25) is 0 Å². The maximum absolute atomic E-state index is 12.9. The van der Waals surface area contributed by atoms with Crippen molar-refractivity contribution in [1.29, 1.82) is 0 Å². The van der Waals surface area contributed by atoms with Gasteiger partial charge < -0.3 is 43.4 Å². The monoisotopic (exact) mass is 494 g/mol. The highest BCUT2D eigenvalue weighted by Crippen LogP contribution is 2.05. The average molecular weight is 495 g/mol. The van der Waals surface area contributed by atoms with E-state index >= 15 is 0 Å². The summed E-state index contributed by atoms with van der Waals surface area (Å²) in [5.74, 6) is -4.78. The lowest BCUT2D eigenvalue weighted by Crippen LogP contribution is -2.58. The number of carboxylic acids is 1. The molecule has 194 valence electrons. The maximum Gasteiger partial charge on any atom is 0.328 e. The first kappa shape index (κ1) is 29.5. The topological polar surface area (TPSA) is 240 Å². The largest absolute Gasteiger partial charge is 0.480 e. The van der Waals surface area contributed by atoms with Crippen LogP contribution in [0.15, 0.2) is 30.3 Å². The summed E-state index contributed by atoms with van der Waals surface area (Å²) in [4.78, 5) is 60.7. The number of amides is 4. The second-order valence-electron chi connectivity index (χ2n) is 7.96. The van der Waals surface area contributed by atoms with Crippen molar-refractivity contribution in [2.24, 2.45) is 17.2 Å². The number of primary amides is 1. The van der Waals surface area contributed by atoms with Gasteiger partial charge in [0.1, 0.15) is 18.1 Å². The van der Waals surface area contributed by atoms with Gasteiger partial charge in [0.15, 0.2) is 0 Å². The molecule has 0 bridgehead atoms. The van der Waals surface area contributed by atoms with Crippen molar-refractivity contribution >= 4 is 29.6 Å². The Morgan fingerprint density at radius 2 is 1.43 bits per heavy atom. The van der Waals surface area contributed by atoms with E-state index in [1.54, 1.807) is 24.3 Å². The van der Waals surface area contributed by atoms with E-state index < -0.39 is 66.8 Å². The van der Waals surface area contributed by atoms with Gasteiger partial charge in [-0.15, -0.1) is 0 Å². The minimum absolute atomic E-state index is 0.0945. The van der Waals surface area contributed by atoms with Crippen molar-refractivity contribution in [3.8, 4) is 0 Å². The average Bonchev–Trinajstić information content (AvgIpc) is 2.81. The first-order valence-electron chi connectivity index (χ1n) is 11.1. The summed E-state index contributed by atoms with van der Waals surface area (Å²) in [6.45, 7) is -0.527. The second kappa shape index (κ2) is 15.4. The number of carbonyl (C=O) groups excluding carboxylic acids is 4. The molecular formula is C22H34N6O7. The zero-order valence-corrected chi connectivity index (χ0v) is 19.3. The highest BCUT2D eigenvalue weighted by Gasteiger charge is 2.30. The highest BCUT2D eigenvalue weighted by molar-refractivity contribution is 5.96. The van der Waals surface area contributed by atoms with Crippen LogP contribution in [-0.2, 0) is 30.4 Å². The number of nitrogens with two attached hydrogens (primary N) is 3. The predicted octanol–water partition coefficient (Wildman–Crippen LogP) is -2.91. The summed E-state index contributed by atoms with van der Waals surface area (Å²) in [6.07, 6.45) is 0.663. The van der Waals surface area contributed by atoms with Crippen LogP contribution in [0.5, 0.6) is 0 Å². The van der Waals surface area contributed by atoms with Gasteiger partial charge in [-0.25, -0.2) is 4.79 Å². The highest BCUT2D eigenvalue weighted by atomic mass is 16.4. The molecule has 13 nitrogen and oxygen atoms in total. The summed E-state index contributed by atoms with van der Waals surface area (Å²) >= 11 is 0. The number of carboxylic acid groups (broad SMARTS) is 1. The Kier molecular flexibility index (Phi) is 12.9. The number of aliphatic hydroxyl groups is 1. The number of carbonyl (C=O) groups is 5. The van der Waals surface area contributed by atoms with Crippen molar-refractivity contribution in [3.63, 3.8) is 0 Å². The fraction of sp³-hybridized carbons (Fsp3) is 0.500. The smallest absolute Gasteiger partial charge is 0.328 e. The van der Waals surface area contributed by atoms with E-state index in [-0.39, 0.29) is 12.8 Å². The molecule has 0 heterocycles. The minimum atomic E-state index is -1.58. The first-order chi connectivity index (χ1) is 16.6. The summed E-state index contributed by atoms with van der Waals surface area (Å²) in [5.41, 5.74) is 17.4.